The zero-order chi connectivity index (χ0) is 11.1. The van der Waals surface area contributed by atoms with Crippen LogP contribution in [0, 0.1) is 5.92 Å². The van der Waals surface area contributed by atoms with E-state index in [0.717, 1.165) is 45.6 Å². The topological polar surface area (TPSA) is 52.6 Å². The van der Waals surface area contributed by atoms with E-state index in [1.54, 1.807) is 0 Å². The van der Waals surface area contributed by atoms with Crippen molar-refractivity contribution in [2.24, 2.45) is 5.92 Å². The lowest BCUT2D eigenvalue weighted by atomic mass is 9.97. The lowest BCUT2D eigenvalue weighted by molar-refractivity contribution is -0.143. The first-order valence-corrected chi connectivity index (χ1v) is 5.90. The van der Waals surface area contributed by atoms with Crippen LogP contribution in [0.5, 0.6) is 0 Å². The van der Waals surface area contributed by atoms with Crippen molar-refractivity contribution in [3.63, 3.8) is 0 Å². The highest BCUT2D eigenvalue weighted by Gasteiger charge is 2.23. The van der Waals surface area contributed by atoms with Crippen LogP contribution in [0.25, 0.3) is 0 Å². The number of hydrogen-bond acceptors (Lipinski definition) is 3. The number of rotatable bonds is 6. The fourth-order valence-corrected chi connectivity index (χ4v) is 1.94. The monoisotopic (exact) mass is 214 g/mol. The lowest BCUT2D eigenvalue weighted by Gasteiger charge is -2.29. The smallest absolute Gasteiger partial charge is 0.306 e. The Morgan fingerprint density at radius 1 is 1.40 bits per heavy atom. The van der Waals surface area contributed by atoms with Gasteiger partial charge in [0.25, 0.3) is 0 Å². The van der Waals surface area contributed by atoms with Crippen molar-refractivity contribution in [1.29, 1.82) is 0 Å². The van der Waals surface area contributed by atoms with Gasteiger partial charge in [0, 0.05) is 13.1 Å². The summed E-state index contributed by atoms with van der Waals surface area (Å²) in [6.45, 7) is 7.17. The first-order chi connectivity index (χ1) is 7.24. The normalized spacial score (nSPS) is 19.3. The number of carboxylic acids is 1. The third kappa shape index (κ3) is 4.62. The van der Waals surface area contributed by atoms with E-state index in [2.05, 4.69) is 17.1 Å². The number of likely N-dealkylation sites (tertiary alicyclic amines) is 1. The minimum Gasteiger partial charge on any atom is -0.481 e. The zero-order valence-corrected chi connectivity index (χ0v) is 9.54. The maximum absolute atomic E-state index is 10.7. The fourth-order valence-electron chi connectivity index (χ4n) is 1.94. The highest BCUT2D eigenvalue weighted by atomic mass is 16.4. The van der Waals surface area contributed by atoms with Gasteiger partial charge in [0.05, 0.1) is 5.92 Å². The SMILES string of the molecule is CCCNCCN1CCC(C(=O)O)CC1. The highest BCUT2D eigenvalue weighted by molar-refractivity contribution is 5.70. The molecule has 0 unspecified atom stereocenters. The van der Waals surface area contributed by atoms with E-state index >= 15 is 0 Å². The van der Waals surface area contributed by atoms with Crippen molar-refractivity contribution in [2.45, 2.75) is 26.2 Å². The first-order valence-electron chi connectivity index (χ1n) is 5.90. The molecule has 0 aromatic carbocycles. The van der Waals surface area contributed by atoms with Gasteiger partial charge in [0.1, 0.15) is 0 Å². The molecule has 0 aromatic heterocycles. The molecule has 1 heterocycles. The predicted octanol–water partition coefficient (Wildman–Crippen LogP) is 0.783. The van der Waals surface area contributed by atoms with Crippen LogP contribution in [0.4, 0.5) is 0 Å². The van der Waals surface area contributed by atoms with E-state index in [-0.39, 0.29) is 5.92 Å². The summed E-state index contributed by atoms with van der Waals surface area (Å²) in [6.07, 6.45) is 2.79. The van der Waals surface area contributed by atoms with Crippen LogP contribution in [0.2, 0.25) is 0 Å². The largest absolute Gasteiger partial charge is 0.481 e. The molecule has 0 aliphatic carbocycles. The summed E-state index contributed by atoms with van der Waals surface area (Å²) in [5, 5.41) is 12.2. The van der Waals surface area contributed by atoms with Crippen molar-refractivity contribution < 1.29 is 9.90 Å². The molecule has 1 aliphatic heterocycles. The van der Waals surface area contributed by atoms with Crippen molar-refractivity contribution in [2.75, 3.05) is 32.7 Å². The van der Waals surface area contributed by atoms with Crippen LogP contribution in [0.3, 0.4) is 0 Å². The van der Waals surface area contributed by atoms with Gasteiger partial charge in [0.2, 0.25) is 0 Å². The Bertz CT molecular complexity index is 189. The number of hydrogen-bond donors (Lipinski definition) is 2. The number of aliphatic carboxylic acids is 1. The van der Waals surface area contributed by atoms with Crippen molar-refractivity contribution >= 4 is 5.97 Å². The molecule has 1 aliphatic rings. The summed E-state index contributed by atoms with van der Waals surface area (Å²) in [6, 6.07) is 0. The van der Waals surface area contributed by atoms with Crippen molar-refractivity contribution in [3.8, 4) is 0 Å². The summed E-state index contributed by atoms with van der Waals surface area (Å²) in [4.78, 5) is 13.1. The maximum Gasteiger partial charge on any atom is 0.306 e. The Kier molecular flexibility index (Phi) is 5.65. The minimum absolute atomic E-state index is 0.107. The molecule has 0 bridgehead atoms. The van der Waals surface area contributed by atoms with E-state index in [1.165, 1.54) is 6.42 Å². The molecular weight excluding hydrogens is 192 g/mol. The van der Waals surface area contributed by atoms with Gasteiger partial charge < -0.3 is 15.3 Å². The van der Waals surface area contributed by atoms with Gasteiger partial charge in [-0.15, -0.1) is 0 Å². The second kappa shape index (κ2) is 6.80. The molecule has 0 atom stereocenters. The van der Waals surface area contributed by atoms with E-state index in [9.17, 15) is 4.79 Å². The van der Waals surface area contributed by atoms with Crippen LogP contribution in [-0.2, 0) is 4.79 Å². The van der Waals surface area contributed by atoms with Gasteiger partial charge in [-0.25, -0.2) is 0 Å². The number of carbonyl (C=O) groups is 1. The Hall–Kier alpha value is -0.610. The van der Waals surface area contributed by atoms with E-state index in [4.69, 9.17) is 5.11 Å². The molecule has 1 fully saturated rings. The fraction of sp³-hybridized carbons (Fsp3) is 0.909. The molecule has 15 heavy (non-hydrogen) atoms. The summed E-state index contributed by atoms with van der Waals surface area (Å²) in [7, 11) is 0. The lowest BCUT2D eigenvalue weighted by Crippen LogP contribution is -2.40. The van der Waals surface area contributed by atoms with Gasteiger partial charge in [-0.05, 0) is 38.9 Å². The summed E-state index contributed by atoms with van der Waals surface area (Å²) >= 11 is 0. The molecule has 0 saturated carbocycles. The van der Waals surface area contributed by atoms with Gasteiger partial charge in [-0.3, -0.25) is 4.79 Å². The molecule has 1 rings (SSSR count). The second-order valence-electron chi connectivity index (χ2n) is 4.20. The van der Waals surface area contributed by atoms with Gasteiger partial charge in [-0.2, -0.15) is 0 Å². The highest BCUT2D eigenvalue weighted by Crippen LogP contribution is 2.16. The van der Waals surface area contributed by atoms with Crippen LogP contribution in [-0.4, -0.2) is 48.7 Å². The summed E-state index contributed by atoms with van der Waals surface area (Å²) < 4.78 is 0. The zero-order valence-electron chi connectivity index (χ0n) is 9.54. The Labute approximate surface area is 91.6 Å². The number of carboxylic acid groups (broad SMARTS) is 1. The summed E-state index contributed by atoms with van der Waals surface area (Å²) in [5.41, 5.74) is 0. The summed E-state index contributed by atoms with van der Waals surface area (Å²) in [5.74, 6) is -0.733. The molecule has 4 heteroatoms. The average molecular weight is 214 g/mol. The van der Waals surface area contributed by atoms with E-state index in [0.29, 0.717) is 0 Å². The molecule has 0 spiro atoms. The molecule has 0 radical (unpaired) electrons. The third-order valence-electron chi connectivity index (χ3n) is 2.97. The van der Waals surface area contributed by atoms with E-state index < -0.39 is 5.97 Å². The van der Waals surface area contributed by atoms with Crippen LogP contribution in [0.15, 0.2) is 0 Å². The minimum atomic E-state index is -0.626. The predicted molar refractivity (Wildman–Crippen MR) is 60.0 cm³/mol. The second-order valence-corrected chi connectivity index (χ2v) is 4.20. The van der Waals surface area contributed by atoms with Gasteiger partial charge in [-0.1, -0.05) is 6.92 Å². The quantitative estimate of drug-likeness (QED) is 0.642. The Morgan fingerprint density at radius 3 is 2.60 bits per heavy atom. The van der Waals surface area contributed by atoms with Crippen LogP contribution in [0.1, 0.15) is 26.2 Å². The van der Waals surface area contributed by atoms with Crippen molar-refractivity contribution in [3.05, 3.63) is 0 Å². The van der Waals surface area contributed by atoms with Crippen LogP contribution >= 0.6 is 0 Å². The van der Waals surface area contributed by atoms with Gasteiger partial charge >= 0.3 is 5.97 Å². The molecule has 0 aromatic rings. The van der Waals surface area contributed by atoms with E-state index in [1.807, 2.05) is 0 Å². The first kappa shape index (κ1) is 12.5. The Morgan fingerprint density at radius 2 is 2.07 bits per heavy atom. The Balaban J connectivity index is 2.07. The molecule has 0 amide bonds. The molecule has 4 nitrogen and oxygen atoms in total. The van der Waals surface area contributed by atoms with Gasteiger partial charge in [0.15, 0.2) is 0 Å². The molecule has 1 saturated heterocycles. The van der Waals surface area contributed by atoms with Crippen molar-refractivity contribution in [1.82, 2.24) is 10.2 Å². The molecular formula is C11H22N2O2. The third-order valence-corrected chi connectivity index (χ3v) is 2.97. The molecule has 2 N–H and O–H groups in total. The maximum atomic E-state index is 10.7. The number of piperidine rings is 1. The van der Waals surface area contributed by atoms with Crippen LogP contribution < -0.4 is 5.32 Å². The average Bonchev–Trinajstić information content (AvgIpc) is 2.25. The number of nitrogens with one attached hydrogen (secondary N) is 1. The standard InChI is InChI=1S/C11H22N2O2/c1-2-5-12-6-9-13-7-3-10(4-8-13)11(14)15/h10,12H,2-9H2,1H3,(H,14,15). The molecule has 88 valence electrons. The number of nitrogens with zero attached hydrogens (tertiary/aromatic N) is 1.